The summed E-state index contributed by atoms with van der Waals surface area (Å²) < 4.78 is 15.7. The van der Waals surface area contributed by atoms with Crippen LogP contribution in [0.1, 0.15) is 24.6 Å². The molecule has 0 unspecified atom stereocenters. The monoisotopic (exact) mass is 368 g/mol. The zero-order valence-electron chi connectivity index (χ0n) is 15.9. The van der Waals surface area contributed by atoms with Crippen LogP contribution in [0.2, 0.25) is 0 Å². The Morgan fingerprint density at radius 2 is 1.89 bits per heavy atom. The van der Waals surface area contributed by atoms with E-state index in [-0.39, 0.29) is 12.5 Å². The maximum atomic E-state index is 11.5. The average molecular weight is 368 g/mol. The fourth-order valence-electron chi connectivity index (χ4n) is 2.14. The molecule has 142 valence electrons. The number of aromatic nitrogens is 1. The third-order valence-electron chi connectivity index (χ3n) is 3.39. The van der Waals surface area contributed by atoms with E-state index in [0.29, 0.717) is 18.1 Å². The van der Waals surface area contributed by atoms with Gasteiger partial charge in [-0.3, -0.25) is 0 Å². The normalized spacial score (nSPS) is 10.1. The Morgan fingerprint density at radius 3 is 2.59 bits per heavy atom. The summed E-state index contributed by atoms with van der Waals surface area (Å²) >= 11 is 0. The average Bonchev–Trinajstić information content (AvgIpc) is 2.65. The van der Waals surface area contributed by atoms with E-state index in [0.717, 1.165) is 18.5 Å². The number of ether oxygens (including phenoxy) is 3. The number of hydrogen-bond donors (Lipinski definition) is 0. The molecule has 6 nitrogen and oxygen atoms in total. The van der Waals surface area contributed by atoms with E-state index < -0.39 is 6.16 Å². The first kappa shape index (κ1) is 20.3. The molecule has 0 aliphatic rings. The van der Waals surface area contributed by atoms with Crippen molar-refractivity contribution in [1.29, 1.82) is 0 Å². The van der Waals surface area contributed by atoms with Crippen molar-refractivity contribution in [3.63, 3.8) is 0 Å². The first-order valence-electron chi connectivity index (χ1n) is 8.78. The van der Waals surface area contributed by atoms with Crippen molar-refractivity contribution < 1.29 is 19.0 Å². The van der Waals surface area contributed by atoms with Crippen molar-refractivity contribution in [2.75, 3.05) is 33.9 Å². The van der Waals surface area contributed by atoms with Gasteiger partial charge < -0.3 is 19.1 Å². The van der Waals surface area contributed by atoms with Gasteiger partial charge in [0.2, 0.25) is 5.88 Å². The summed E-state index contributed by atoms with van der Waals surface area (Å²) in [5.74, 6) is 6.71. The lowest BCUT2D eigenvalue weighted by Gasteiger charge is -2.11. The Morgan fingerprint density at radius 1 is 1.11 bits per heavy atom. The Hall–Kier alpha value is -3.04. The summed E-state index contributed by atoms with van der Waals surface area (Å²) in [7, 11) is 4.03. The summed E-state index contributed by atoms with van der Waals surface area (Å²) in [5, 5.41) is 0. The molecule has 2 rings (SSSR count). The van der Waals surface area contributed by atoms with Crippen LogP contribution >= 0.6 is 0 Å². The summed E-state index contributed by atoms with van der Waals surface area (Å²) in [6.07, 6.45) is 0.0752. The lowest BCUT2D eigenvalue weighted by molar-refractivity contribution is 0.102. The zero-order chi connectivity index (χ0) is 19.5. The molecule has 1 aromatic heterocycles. The highest BCUT2D eigenvalue weighted by atomic mass is 16.7. The fraction of sp³-hybridized carbons (Fsp3) is 0.333. The smallest absolute Gasteiger partial charge is 0.491 e. The van der Waals surface area contributed by atoms with Gasteiger partial charge in [-0.15, -0.1) is 0 Å². The number of benzene rings is 1. The van der Waals surface area contributed by atoms with Crippen molar-refractivity contribution in [2.24, 2.45) is 0 Å². The van der Waals surface area contributed by atoms with Crippen LogP contribution in [0.25, 0.3) is 0 Å². The SMILES string of the molecule is CCOC(=O)Oc1ccc(OCCCN(C)C)c(C#Cc2ccccc2)n1. The van der Waals surface area contributed by atoms with Gasteiger partial charge in [0.25, 0.3) is 0 Å². The summed E-state index contributed by atoms with van der Waals surface area (Å²) in [4.78, 5) is 17.9. The molecule has 27 heavy (non-hydrogen) atoms. The molecule has 1 aromatic carbocycles. The number of carbonyl (C=O) groups is 1. The van der Waals surface area contributed by atoms with Crippen molar-refractivity contribution in [2.45, 2.75) is 13.3 Å². The Labute approximate surface area is 160 Å². The first-order valence-corrected chi connectivity index (χ1v) is 8.78. The van der Waals surface area contributed by atoms with E-state index in [2.05, 4.69) is 21.7 Å². The van der Waals surface area contributed by atoms with Crippen LogP contribution < -0.4 is 9.47 Å². The highest BCUT2D eigenvalue weighted by Crippen LogP contribution is 2.20. The number of nitrogens with zero attached hydrogens (tertiary/aromatic N) is 2. The van der Waals surface area contributed by atoms with Crippen molar-refractivity contribution in [3.8, 4) is 23.5 Å². The van der Waals surface area contributed by atoms with Gasteiger partial charge in [-0.1, -0.05) is 24.1 Å². The van der Waals surface area contributed by atoms with Gasteiger partial charge in [-0.25, -0.2) is 9.78 Å². The van der Waals surface area contributed by atoms with Gasteiger partial charge in [0.1, 0.15) is 0 Å². The molecule has 0 aliphatic carbocycles. The van der Waals surface area contributed by atoms with Crippen LogP contribution in [0.3, 0.4) is 0 Å². The van der Waals surface area contributed by atoms with Gasteiger partial charge in [-0.05, 0) is 51.6 Å². The lowest BCUT2D eigenvalue weighted by atomic mass is 10.2. The molecule has 0 amide bonds. The minimum atomic E-state index is -0.799. The summed E-state index contributed by atoms with van der Waals surface area (Å²) in [5.41, 5.74) is 1.26. The number of pyridine rings is 1. The van der Waals surface area contributed by atoms with Crippen LogP contribution in [0.15, 0.2) is 42.5 Å². The largest absolute Gasteiger partial charge is 0.515 e. The maximum Gasteiger partial charge on any atom is 0.515 e. The van der Waals surface area contributed by atoms with E-state index in [4.69, 9.17) is 14.2 Å². The molecule has 0 N–H and O–H groups in total. The molecule has 0 saturated heterocycles. The second-order valence-corrected chi connectivity index (χ2v) is 5.90. The maximum absolute atomic E-state index is 11.5. The molecule has 0 fully saturated rings. The summed E-state index contributed by atoms with van der Waals surface area (Å²) in [6.45, 7) is 3.39. The Bertz CT molecular complexity index is 795. The second kappa shape index (κ2) is 10.8. The number of carbonyl (C=O) groups excluding carboxylic acids is 1. The lowest BCUT2D eigenvalue weighted by Crippen LogP contribution is -2.16. The molecular weight excluding hydrogens is 344 g/mol. The van der Waals surface area contributed by atoms with Crippen LogP contribution in [0.4, 0.5) is 4.79 Å². The molecule has 0 saturated carbocycles. The zero-order valence-corrected chi connectivity index (χ0v) is 15.9. The topological polar surface area (TPSA) is 60.9 Å². The Balaban J connectivity index is 2.18. The predicted molar refractivity (Wildman–Crippen MR) is 103 cm³/mol. The third kappa shape index (κ3) is 7.38. The molecule has 0 aliphatic heterocycles. The van der Waals surface area contributed by atoms with Crippen LogP contribution in [-0.2, 0) is 4.74 Å². The van der Waals surface area contributed by atoms with Crippen LogP contribution in [0, 0.1) is 11.8 Å². The molecule has 0 spiro atoms. The molecule has 2 aromatic rings. The van der Waals surface area contributed by atoms with Gasteiger partial charge in [0.15, 0.2) is 11.4 Å². The highest BCUT2D eigenvalue weighted by Gasteiger charge is 2.10. The standard InChI is InChI=1S/C21H24N2O4/c1-4-25-21(24)27-20-14-13-19(26-16-8-15-23(2)3)18(22-20)12-11-17-9-6-5-7-10-17/h5-7,9-10,13-14H,4,8,15-16H2,1-3H3. The van der Waals surface area contributed by atoms with E-state index in [1.807, 2.05) is 44.4 Å². The second-order valence-electron chi connectivity index (χ2n) is 5.90. The van der Waals surface area contributed by atoms with Crippen molar-refractivity contribution in [3.05, 3.63) is 53.7 Å². The Kier molecular flexibility index (Phi) is 8.14. The predicted octanol–water partition coefficient (Wildman–Crippen LogP) is 3.35. The van der Waals surface area contributed by atoms with Gasteiger partial charge in [0, 0.05) is 18.2 Å². The van der Waals surface area contributed by atoms with E-state index in [9.17, 15) is 4.79 Å². The number of hydrogen-bond acceptors (Lipinski definition) is 6. The molecule has 1 heterocycles. The summed E-state index contributed by atoms with van der Waals surface area (Å²) in [6, 6.07) is 12.8. The van der Waals surface area contributed by atoms with Crippen molar-refractivity contribution >= 4 is 6.16 Å². The first-order chi connectivity index (χ1) is 13.1. The van der Waals surface area contributed by atoms with E-state index in [1.54, 1.807) is 19.1 Å². The van der Waals surface area contributed by atoms with E-state index >= 15 is 0 Å². The fourth-order valence-corrected chi connectivity index (χ4v) is 2.14. The van der Waals surface area contributed by atoms with Gasteiger partial charge in [-0.2, -0.15) is 0 Å². The third-order valence-corrected chi connectivity index (χ3v) is 3.39. The molecule has 0 bridgehead atoms. The number of rotatable bonds is 7. The quantitative estimate of drug-likeness (QED) is 0.424. The molecule has 6 heteroatoms. The van der Waals surface area contributed by atoms with Crippen LogP contribution in [0.5, 0.6) is 11.6 Å². The molecule has 0 atom stereocenters. The molecule has 0 radical (unpaired) electrons. The van der Waals surface area contributed by atoms with Gasteiger partial charge >= 0.3 is 6.16 Å². The van der Waals surface area contributed by atoms with Gasteiger partial charge in [0.05, 0.1) is 13.2 Å². The highest BCUT2D eigenvalue weighted by molar-refractivity contribution is 5.63. The van der Waals surface area contributed by atoms with Crippen LogP contribution in [-0.4, -0.2) is 49.9 Å². The van der Waals surface area contributed by atoms with E-state index in [1.165, 1.54) is 0 Å². The minimum Gasteiger partial charge on any atom is -0.491 e. The molecular formula is C21H24N2O4. The van der Waals surface area contributed by atoms with Crippen molar-refractivity contribution in [1.82, 2.24) is 9.88 Å². The minimum absolute atomic E-state index is 0.117.